The van der Waals surface area contributed by atoms with Gasteiger partial charge in [0.25, 0.3) is 0 Å². The van der Waals surface area contributed by atoms with Gasteiger partial charge in [-0.05, 0) is 24.3 Å². The van der Waals surface area contributed by atoms with Crippen LogP contribution in [0.1, 0.15) is 0 Å². The van der Waals surface area contributed by atoms with E-state index in [2.05, 4.69) is 0 Å². The first-order valence-corrected chi connectivity index (χ1v) is 12.4. The van der Waals surface area contributed by atoms with Crippen LogP contribution in [0, 0.1) is 0 Å². The molecular weight excluding hydrogens is 423 g/mol. The highest BCUT2D eigenvalue weighted by molar-refractivity contribution is 8.00. The summed E-state index contributed by atoms with van der Waals surface area (Å²) in [6.45, 7) is 0. The third-order valence-corrected chi connectivity index (χ3v) is 9.41. The number of ether oxygens (including phenoxy) is 2. The van der Waals surface area contributed by atoms with Crippen molar-refractivity contribution < 1.29 is 14.0 Å². The summed E-state index contributed by atoms with van der Waals surface area (Å²) in [6.07, 6.45) is 0. The molecule has 31 heavy (non-hydrogen) atoms. The summed E-state index contributed by atoms with van der Waals surface area (Å²) >= 11 is 1.53. The monoisotopic (exact) mass is 446 g/mol. The summed E-state index contributed by atoms with van der Waals surface area (Å²) < 4.78 is 26.6. The van der Waals surface area contributed by atoms with E-state index in [-0.39, 0.29) is 0 Å². The van der Waals surface area contributed by atoms with Crippen molar-refractivity contribution in [2.45, 2.75) is 9.79 Å². The van der Waals surface area contributed by atoms with Gasteiger partial charge >= 0.3 is 0 Å². The molecule has 0 saturated carbocycles. The van der Waals surface area contributed by atoms with Crippen LogP contribution in [0.25, 0.3) is 0 Å². The van der Waals surface area contributed by atoms with Gasteiger partial charge in [-0.25, -0.2) is 0 Å². The Labute approximate surface area is 187 Å². The fraction of sp³-hybridized carbons (Fsp3) is 0.0769. The lowest BCUT2D eigenvalue weighted by molar-refractivity contribution is 0.397. The first-order chi connectivity index (χ1) is 15.2. The standard InChI is InChI=1S/C26H23O3PS/c1-28-23-18-19-24(29-2)26(31-22-16-10-5-11-17-22)25(23)30(27,20-12-6-3-7-13-20)21-14-8-4-9-15-21/h3-19H,1-2H3. The van der Waals surface area contributed by atoms with Crippen molar-refractivity contribution in [1.82, 2.24) is 0 Å². The van der Waals surface area contributed by atoms with E-state index in [9.17, 15) is 0 Å². The van der Waals surface area contributed by atoms with Crippen LogP contribution in [0.2, 0.25) is 0 Å². The van der Waals surface area contributed by atoms with Crippen molar-refractivity contribution >= 4 is 34.8 Å². The Kier molecular flexibility index (Phi) is 6.50. The molecule has 4 rings (SSSR count). The first kappa shape index (κ1) is 21.3. The summed E-state index contributed by atoms with van der Waals surface area (Å²) in [4.78, 5) is 1.83. The number of rotatable bonds is 7. The molecule has 156 valence electrons. The molecule has 0 bridgehead atoms. The van der Waals surface area contributed by atoms with Gasteiger partial charge in [-0.1, -0.05) is 90.6 Å². The lowest BCUT2D eigenvalue weighted by Crippen LogP contribution is -2.27. The minimum Gasteiger partial charge on any atom is -0.496 e. The Morgan fingerprint density at radius 1 is 0.613 bits per heavy atom. The van der Waals surface area contributed by atoms with Crippen LogP contribution >= 0.6 is 18.9 Å². The van der Waals surface area contributed by atoms with E-state index in [4.69, 9.17) is 9.47 Å². The van der Waals surface area contributed by atoms with Crippen molar-refractivity contribution in [3.63, 3.8) is 0 Å². The minimum atomic E-state index is -3.27. The molecule has 4 aromatic carbocycles. The molecule has 0 aliphatic carbocycles. The van der Waals surface area contributed by atoms with Gasteiger partial charge in [0.1, 0.15) is 11.5 Å². The zero-order chi connectivity index (χ0) is 21.7. The smallest absolute Gasteiger partial charge is 0.175 e. The van der Waals surface area contributed by atoms with Crippen molar-refractivity contribution in [3.8, 4) is 11.5 Å². The summed E-state index contributed by atoms with van der Waals surface area (Å²) in [5, 5.41) is 2.16. The van der Waals surface area contributed by atoms with Gasteiger partial charge in [0.05, 0.1) is 24.4 Å². The number of benzene rings is 4. The lowest BCUT2D eigenvalue weighted by atomic mass is 10.3. The van der Waals surface area contributed by atoms with E-state index in [1.54, 1.807) is 14.2 Å². The van der Waals surface area contributed by atoms with Gasteiger partial charge in [-0.15, -0.1) is 0 Å². The van der Waals surface area contributed by atoms with E-state index in [0.29, 0.717) is 16.8 Å². The molecule has 0 spiro atoms. The van der Waals surface area contributed by atoms with Gasteiger partial charge < -0.3 is 14.0 Å². The van der Waals surface area contributed by atoms with Crippen molar-refractivity contribution in [1.29, 1.82) is 0 Å². The maximum atomic E-state index is 15.1. The molecule has 0 aromatic heterocycles. The first-order valence-electron chi connectivity index (χ1n) is 9.88. The van der Waals surface area contributed by atoms with E-state index < -0.39 is 7.14 Å². The molecule has 0 aliphatic heterocycles. The van der Waals surface area contributed by atoms with Gasteiger partial charge in [0, 0.05) is 15.5 Å². The van der Waals surface area contributed by atoms with Gasteiger partial charge in [0.2, 0.25) is 0 Å². The second-order valence-corrected chi connectivity index (χ2v) is 10.6. The maximum absolute atomic E-state index is 15.1. The predicted octanol–water partition coefficient (Wildman–Crippen LogP) is 5.49. The summed E-state index contributed by atoms with van der Waals surface area (Å²) in [5.74, 6) is 1.24. The lowest BCUT2D eigenvalue weighted by Gasteiger charge is -2.25. The van der Waals surface area contributed by atoms with Crippen LogP contribution in [0.15, 0.2) is 113 Å². The van der Waals surface area contributed by atoms with Crippen LogP contribution in [0.3, 0.4) is 0 Å². The predicted molar refractivity (Wildman–Crippen MR) is 130 cm³/mol. The minimum absolute atomic E-state index is 0.579. The van der Waals surface area contributed by atoms with E-state index >= 15 is 4.57 Å². The molecule has 0 fully saturated rings. The molecule has 5 heteroatoms. The highest BCUT2D eigenvalue weighted by atomic mass is 32.2. The molecule has 0 atom stereocenters. The normalized spacial score (nSPS) is 11.2. The average Bonchev–Trinajstić information content (AvgIpc) is 2.85. The van der Waals surface area contributed by atoms with Crippen molar-refractivity contribution in [2.75, 3.05) is 14.2 Å². The second kappa shape index (κ2) is 9.47. The molecule has 4 aromatic rings. The number of methoxy groups -OCH3 is 2. The number of hydrogen-bond acceptors (Lipinski definition) is 4. The number of hydrogen-bond donors (Lipinski definition) is 0. The van der Waals surface area contributed by atoms with Crippen LogP contribution in [0.5, 0.6) is 11.5 Å². The molecule has 3 nitrogen and oxygen atoms in total. The Morgan fingerprint density at radius 3 is 1.55 bits per heavy atom. The van der Waals surface area contributed by atoms with Crippen LogP contribution in [-0.4, -0.2) is 14.2 Å². The van der Waals surface area contributed by atoms with Crippen LogP contribution in [0.4, 0.5) is 0 Å². The summed E-state index contributed by atoms with van der Waals surface area (Å²) in [5.41, 5.74) is 0. The van der Waals surface area contributed by atoms with Gasteiger partial charge in [0.15, 0.2) is 7.14 Å². The SMILES string of the molecule is COc1ccc(OC)c(P(=O)(c2ccccc2)c2ccccc2)c1Sc1ccccc1. The van der Waals surface area contributed by atoms with E-state index in [1.165, 1.54) is 11.8 Å². The zero-order valence-corrected chi connectivity index (χ0v) is 19.1. The van der Waals surface area contributed by atoms with Crippen molar-refractivity contribution in [2.24, 2.45) is 0 Å². The third kappa shape index (κ3) is 4.14. The maximum Gasteiger partial charge on any atom is 0.175 e. The Balaban J connectivity index is 2.06. The largest absolute Gasteiger partial charge is 0.496 e. The highest BCUT2D eigenvalue weighted by Crippen LogP contribution is 2.51. The fourth-order valence-electron chi connectivity index (χ4n) is 3.55. The molecular formula is C26H23O3PS. The fourth-order valence-corrected chi connectivity index (χ4v) is 7.92. The Bertz CT molecular complexity index is 1150. The quantitative estimate of drug-likeness (QED) is 0.352. The van der Waals surface area contributed by atoms with E-state index in [1.807, 2.05) is 103 Å². The molecule has 0 unspecified atom stereocenters. The van der Waals surface area contributed by atoms with Crippen molar-refractivity contribution in [3.05, 3.63) is 103 Å². The molecule has 0 amide bonds. The summed E-state index contributed by atoms with van der Waals surface area (Å²) in [7, 11) is -0.0219. The molecule has 0 saturated heterocycles. The highest BCUT2D eigenvalue weighted by Gasteiger charge is 2.36. The average molecular weight is 447 g/mol. The van der Waals surface area contributed by atoms with Crippen LogP contribution < -0.4 is 25.4 Å². The van der Waals surface area contributed by atoms with Gasteiger partial charge in [-0.2, -0.15) is 0 Å². The molecule has 0 aliphatic rings. The third-order valence-electron chi connectivity index (χ3n) is 5.02. The Morgan fingerprint density at radius 2 is 1.06 bits per heavy atom. The van der Waals surface area contributed by atoms with E-state index in [0.717, 1.165) is 20.4 Å². The summed E-state index contributed by atoms with van der Waals surface area (Å²) in [6, 6.07) is 32.9. The second-order valence-electron chi connectivity index (χ2n) is 6.84. The van der Waals surface area contributed by atoms with Crippen LogP contribution in [-0.2, 0) is 4.57 Å². The molecule has 0 N–H and O–H groups in total. The van der Waals surface area contributed by atoms with Gasteiger partial charge in [-0.3, -0.25) is 0 Å². The Hall–Kier alpha value is -2.94. The molecule has 0 heterocycles. The zero-order valence-electron chi connectivity index (χ0n) is 17.4. The topological polar surface area (TPSA) is 35.5 Å². The molecule has 0 radical (unpaired) electrons.